The van der Waals surface area contributed by atoms with Crippen LogP contribution in [0.4, 0.5) is 0 Å². The minimum absolute atomic E-state index is 0.196. The lowest BCUT2D eigenvalue weighted by Gasteiger charge is -2.27. The minimum Gasteiger partial charge on any atom is -0.480 e. The number of primary amides is 1. The number of carboxylic acid groups (broad SMARTS) is 1. The van der Waals surface area contributed by atoms with Gasteiger partial charge >= 0.3 is 5.97 Å². The molecular weight excluding hydrogens is 278 g/mol. The summed E-state index contributed by atoms with van der Waals surface area (Å²) in [7, 11) is 0. The number of carbonyl (C=O) groups excluding carboxylic acids is 1. The number of rotatable bonds is 5. The number of aliphatic carboxylic acids is 1. The van der Waals surface area contributed by atoms with Crippen molar-refractivity contribution in [3.63, 3.8) is 0 Å². The number of carbonyl (C=O) groups is 2. The molecule has 0 bridgehead atoms. The van der Waals surface area contributed by atoms with Gasteiger partial charge in [-0.2, -0.15) is 0 Å². The Kier molecular flexibility index (Phi) is 4.10. The van der Waals surface area contributed by atoms with E-state index in [0.29, 0.717) is 11.4 Å². The lowest BCUT2D eigenvalue weighted by Crippen LogP contribution is -2.49. The van der Waals surface area contributed by atoms with Crippen molar-refractivity contribution in [2.45, 2.75) is 38.3 Å². The Morgan fingerprint density at radius 1 is 1.65 bits per heavy atom. The fourth-order valence-electron chi connectivity index (χ4n) is 2.91. The van der Waals surface area contributed by atoms with Crippen molar-refractivity contribution in [2.24, 2.45) is 17.6 Å². The van der Waals surface area contributed by atoms with Gasteiger partial charge < -0.3 is 10.8 Å². The standard InChI is InChI=1S/C13H19N3O3S/c1-7(2)5-13(12(18)19)6-8(10(14)17)9(16-13)11-15-3-4-20-11/h3-4,7-9,16H,5-6H2,1-2H3,(H2,14,17)(H,18,19)/t8-,9+,13-/m0/s1. The Bertz CT molecular complexity index is 503. The van der Waals surface area contributed by atoms with Gasteiger partial charge in [0.05, 0.1) is 12.0 Å². The predicted molar refractivity (Wildman–Crippen MR) is 75.1 cm³/mol. The highest BCUT2D eigenvalue weighted by Gasteiger charge is 2.53. The van der Waals surface area contributed by atoms with Crippen LogP contribution in [0.25, 0.3) is 0 Å². The molecule has 1 fully saturated rings. The summed E-state index contributed by atoms with van der Waals surface area (Å²) in [5, 5.41) is 15.2. The first kappa shape index (κ1) is 14.9. The average molecular weight is 297 g/mol. The smallest absolute Gasteiger partial charge is 0.323 e. The average Bonchev–Trinajstić information content (AvgIpc) is 2.94. The van der Waals surface area contributed by atoms with Gasteiger partial charge in [-0.15, -0.1) is 11.3 Å². The van der Waals surface area contributed by atoms with Crippen LogP contribution in [0.1, 0.15) is 37.7 Å². The number of hydrogen-bond donors (Lipinski definition) is 3. The SMILES string of the molecule is CC(C)C[C@@]1(C(=O)O)C[C@H](C(N)=O)[C@H](c2nccs2)N1. The highest BCUT2D eigenvalue weighted by atomic mass is 32.1. The van der Waals surface area contributed by atoms with Crippen molar-refractivity contribution in [1.29, 1.82) is 0 Å². The van der Waals surface area contributed by atoms with Gasteiger partial charge in [-0.3, -0.25) is 14.9 Å². The number of carboxylic acids is 1. The number of aromatic nitrogens is 1. The van der Waals surface area contributed by atoms with E-state index in [1.54, 1.807) is 11.6 Å². The molecule has 1 aliphatic heterocycles. The Labute approximate surface area is 121 Å². The Morgan fingerprint density at radius 3 is 2.80 bits per heavy atom. The zero-order valence-electron chi connectivity index (χ0n) is 11.5. The topological polar surface area (TPSA) is 105 Å². The third-order valence-electron chi connectivity index (χ3n) is 3.65. The summed E-state index contributed by atoms with van der Waals surface area (Å²) in [6.45, 7) is 3.92. The quantitative estimate of drug-likeness (QED) is 0.756. The number of thiazole rings is 1. The zero-order chi connectivity index (χ0) is 14.9. The van der Waals surface area contributed by atoms with E-state index in [-0.39, 0.29) is 12.3 Å². The van der Waals surface area contributed by atoms with Crippen molar-refractivity contribution in [3.8, 4) is 0 Å². The molecule has 2 heterocycles. The third-order valence-corrected chi connectivity index (χ3v) is 4.51. The molecule has 1 aromatic rings. The van der Waals surface area contributed by atoms with Crippen LogP contribution < -0.4 is 11.1 Å². The van der Waals surface area contributed by atoms with Gasteiger partial charge in [0.15, 0.2) is 0 Å². The fraction of sp³-hybridized carbons (Fsp3) is 0.615. The number of hydrogen-bond acceptors (Lipinski definition) is 5. The Morgan fingerprint density at radius 2 is 2.35 bits per heavy atom. The normalized spacial score (nSPS) is 29.8. The van der Waals surface area contributed by atoms with E-state index < -0.39 is 29.4 Å². The molecule has 1 amide bonds. The highest BCUT2D eigenvalue weighted by Crippen LogP contribution is 2.41. The van der Waals surface area contributed by atoms with Crippen molar-refractivity contribution < 1.29 is 14.7 Å². The predicted octanol–water partition coefficient (Wildman–Crippen LogP) is 1.15. The molecule has 4 N–H and O–H groups in total. The summed E-state index contributed by atoms with van der Waals surface area (Å²) in [5.41, 5.74) is 4.34. The minimum atomic E-state index is -1.11. The number of nitrogens with two attached hydrogens (primary N) is 1. The molecule has 0 saturated carbocycles. The maximum absolute atomic E-state index is 11.7. The molecule has 1 saturated heterocycles. The van der Waals surface area contributed by atoms with Crippen molar-refractivity contribution in [3.05, 3.63) is 16.6 Å². The first-order chi connectivity index (χ1) is 9.35. The highest BCUT2D eigenvalue weighted by molar-refractivity contribution is 7.09. The summed E-state index contributed by atoms with van der Waals surface area (Å²) in [6.07, 6.45) is 2.30. The Balaban J connectivity index is 2.35. The van der Waals surface area contributed by atoms with Crippen molar-refractivity contribution in [1.82, 2.24) is 10.3 Å². The van der Waals surface area contributed by atoms with Crippen LogP contribution in [0.15, 0.2) is 11.6 Å². The monoisotopic (exact) mass is 297 g/mol. The molecule has 0 spiro atoms. The van der Waals surface area contributed by atoms with Gasteiger partial charge in [0.25, 0.3) is 0 Å². The maximum atomic E-state index is 11.7. The van der Waals surface area contributed by atoms with E-state index in [1.165, 1.54) is 11.3 Å². The molecule has 7 heteroatoms. The van der Waals surface area contributed by atoms with Crippen LogP contribution in [0.3, 0.4) is 0 Å². The molecule has 3 atom stereocenters. The van der Waals surface area contributed by atoms with Gasteiger partial charge in [0, 0.05) is 11.6 Å². The second-order valence-electron chi connectivity index (χ2n) is 5.69. The van der Waals surface area contributed by atoms with Gasteiger partial charge in [-0.1, -0.05) is 13.8 Å². The Hall–Kier alpha value is -1.47. The second kappa shape index (κ2) is 5.49. The van der Waals surface area contributed by atoms with E-state index >= 15 is 0 Å². The molecule has 0 unspecified atom stereocenters. The van der Waals surface area contributed by atoms with Gasteiger partial charge in [0.1, 0.15) is 10.5 Å². The molecule has 110 valence electrons. The molecular formula is C13H19N3O3S. The molecule has 0 aromatic carbocycles. The first-order valence-corrected chi connectivity index (χ1v) is 7.43. The van der Waals surface area contributed by atoms with Crippen molar-refractivity contribution in [2.75, 3.05) is 0 Å². The number of amides is 1. The van der Waals surface area contributed by atoms with Gasteiger partial charge in [-0.05, 0) is 18.8 Å². The van der Waals surface area contributed by atoms with E-state index in [1.807, 2.05) is 13.8 Å². The lowest BCUT2D eigenvalue weighted by atomic mass is 9.84. The van der Waals surface area contributed by atoms with Gasteiger partial charge in [-0.25, -0.2) is 4.98 Å². The van der Waals surface area contributed by atoms with E-state index in [2.05, 4.69) is 10.3 Å². The van der Waals surface area contributed by atoms with Crippen LogP contribution in [-0.2, 0) is 9.59 Å². The van der Waals surface area contributed by atoms with Crippen LogP contribution in [-0.4, -0.2) is 27.5 Å². The second-order valence-corrected chi connectivity index (χ2v) is 6.62. The zero-order valence-corrected chi connectivity index (χ0v) is 12.3. The van der Waals surface area contributed by atoms with E-state index in [9.17, 15) is 14.7 Å². The molecule has 1 aliphatic rings. The first-order valence-electron chi connectivity index (χ1n) is 6.55. The van der Waals surface area contributed by atoms with Crippen LogP contribution in [0.2, 0.25) is 0 Å². The molecule has 1 aromatic heterocycles. The molecule has 20 heavy (non-hydrogen) atoms. The summed E-state index contributed by atoms with van der Waals surface area (Å²) in [4.78, 5) is 27.6. The fourth-order valence-corrected chi connectivity index (χ4v) is 3.67. The van der Waals surface area contributed by atoms with Crippen LogP contribution in [0.5, 0.6) is 0 Å². The number of nitrogens with one attached hydrogen (secondary N) is 1. The molecule has 6 nitrogen and oxygen atoms in total. The van der Waals surface area contributed by atoms with E-state index in [4.69, 9.17) is 5.73 Å². The van der Waals surface area contributed by atoms with Crippen molar-refractivity contribution >= 4 is 23.2 Å². The molecule has 0 aliphatic carbocycles. The van der Waals surface area contributed by atoms with E-state index in [0.717, 1.165) is 0 Å². The van der Waals surface area contributed by atoms with Gasteiger partial charge in [0.2, 0.25) is 5.91 Å². The van der Waals surface area contributed by atoms with Crippen LogP contribution in [0, 0.1) is 11.8 Å². The third kappa shape index (κ3) is 2.69. The maximum Gasteiger partial charge on any atom is 0.323 e. The number of nitrogens with zero attached hydrogens (tertiary/aromatic N) is 1. The summed E-state index contributed by atoms with van der Waals surface area (Å²) in [6, 6.07) is -0.414. The van der Waals surface area contributed by atoms with Crippen LogP contribution >= 0.6 is 11.3 Å². The summed E-state index contributed by atoms with van der Waals surface area (Å²) >= 11 is 1.40. The summed E-state index contributed by atoms with van der Waals surface area (Å²) < 4.78 is 0. The summed E-state index contributed by atoms with van der Waals surface area (Å²) in [5.74, 6) is -1.76. The molecule has 2 rings (SSSR count). The molecule has 0 radical (unpaired) electrons. The lowest BCUT2D eigenvalue weighted by molar-refractivity contribution is -0.145. The largest absolute Gasteiger partial charge is 0.480 e.